The third kappa shape index (κ3) is 3.19. The number of thiophene rings is 1. The zero-order valence-electron chi connectivity index (χ0n) is 7.87. The summed E-state index contributed by atoms with van der Waals surface area (Å²) in [5.74, 6) is -1.15. The molecular weight excluding hydrogens is 240 g/mol. The Labute approximate surface area is 95.1 Å². The van der Waals surface area contributed by atoms with Gasteiger partial charge in [0.05, 0.1) is 5.02 Å². The molecule has 5 nitrogen and oxygen atoms in total. The van der Waals surface area contributed by atoms with Gasteiger partial charge in [0.1, 0.15) is 4.88 Å². The minimum Gasteiger partial charge on any atom is -0.368 e. The van der Waals surface area contributed by atoms with Crippen LogP contribution in [0.5, 0.6) is 0 Å². The van der Waals surface area contributed by atoms with Crippen molar-refractivity contribution in [2.24, 2.45) is 5.73 Å². The number of halogens is 1. The van der Waals surface area contributed by atoms with Crippen LogP contribution >= 0.6 is 22.9 Å². The van der Waals surface area contributed by atoms with Gasteiger partial charge in [-0.15, -0.1) is 11.3 Å². The topological polar surface area (TPSA) is 81.4 Å². The molecule has 1 aromatic rings. The normalized spacial score (nSPS) is 10.0. The number of aryl methyl sites for hydroxylation is 1. The van der Waals surface area contributed by atoms with E-state index in [1.54, 1.807) is 12.3 Å². The molecule has 1 rings (SSSR count). The van der Waals surface area contributed by atoms with Crippen LogP contribution in [0.25, 0.3) is 0 Å². The van der Waals surface area contributed by atoms with Crippen LogP contribution in [-0.2, 0) is 9.63 Å². The van der Waals surface area contributed by atoms with E-state index in [0.29, 0.717) is 9.90 Å². The highest BCUT2D eigenvalue weighted by Gasteiger charge is 2.14. The maximum atomic E-state index is 11.4. The first kappa shape index (κ1) is 12.0. The molecule has 0 aliphatic rings. The minimum atomic E-state index is -0.663. The van der Waals surface area contributed by atoms with Gasteiger partial charge < -0.3 is 5.73 Å². The quantitative estimate of drug-likeness (QED) is 0.776. The number of amides is 2. The summed E-state index contributed by atoms with van der Waals surface area (Å²) in [6.45, 7) is 1.42. The van der Waals surface area contributed by atoms with E-state index in [2.05, 4.69) is 10.3 Å². The monoisotopic (exact) mass is 248 g/mol. The van der Waals surface area contributed by atoms with Crippen LogP contribution in [0.1, 0.15) is 15.2 Å². The molecule has 1 heterocycles. The third-order valence-electron chi connectivity index (χ3n) is 1.48. The Balaban J connectivity index is 2.54. The first-order valence-electron chi connectivity index (χ1n) is 3.96. The van der Waals surface area contributed by atoms with Gasteiger partial charge in [-0.3, -0.25) is 14.4 Å². The second-order valence-electron chi connectivity index (χ2n) is 2.75. The van der Waals surface area contributed by atoms with E-state index in [0.717, 1.165) is 5.56 Å². The average molecular weight is 249 g/mol. The van der Waals surface area contributed by atoms with E-state index in [1.807, 2.05) is 0 Å². The molecule has 0 unspecified atom stereocenters. The Bertz CT molecular complexity index is 391. The summed E-state index contributed by atoms with van der Waals surface area (Å²) in [7, 11) is 0. The van der Waals surface area contributed by atoms with Gasteiger partial charge in [-0.25, -0.2) is 5.48 Å². The lowest BCUT2D eigenvalue weighted by Gasteiger charge is -2.02. The fourth-order valence-electron chi connectivity index (χ4n) is 0.802. The summed E-state index contributed by atoms with van der Waals surface area (Å²) in [6, 6.07) is 0. The van der Waals surface area contributed by atoms with Crippen LogP contribution in [0.3, 0.4) is 0 Å². The summed E-state index contributed by atoms with van der Waals surface area (Å²) in [6.07, 6.45) is 0. The van der Waals surface area contributed by atoms with Gasteiger partial charge in [-0.2, -0.15) is 0 Å². The second-order valence-corrected chi connectivity index (χ2v) is 4.01. The van der Waals surface area contributed by atoms with Crippen molar-refractivity contribution >= 4 is 34.8 Å². The highest BCUT2D eigenvalue weighted by molar-refractivity contribution is 7.13. The van der Waals surface area contributed by atoms with Crippen molar-refractivity contribution in [3.8, 4) is 0 Å². The SMILES string of the molecule is Cc1csc(C(=O)NOCC(N)=O)c1Cl. The van der Waals surface area contributed by atoms with Crippen LogP contribution in [0.2, 0.25) is 5.02 Å². The van der Waals surface area contributed by atoms with Crippen molar-refractivity contribution in [2.45, 2.75) is 6.92 Å². The molecule has 0 atom stereocenters. The molecule has 0 aliphatic carbocycles. The molecule has 7 heteroatoms. The Hall–Kier alpha value is -1.11. The summed E-state index contributed by atoms with van der Waals surface area (Å²) in [5, 5.41) is 2.14. The van der Waals surface area contributed by atoms with Crippen molar-refractivity contribution < 1.29 is 14.4 Å². The van der Waals surface area contributed by atoms with E-state index in [9.17, 15) is 9.59 Å². The van der Waals surface area contributed by atoms with Gasteiger partial charge in [0.25, 0.3) is 5.91 Å². The standard InChI is InChI=1S/C8H9ClN2O3S/c1-4-3-15-7(6(4)9)8(13)11-14-2-5(10)12/h3H,2H2,1H3,(H2,10,12)(H,11,13). The molecule has 0 fully saturated rings. The molecule has 0 saturated heterocycles. The summed E-state index contributed by atoms with van der Waals surface area (Å²) in [4.78, 5) is 26.6. The average Bonchev–Trinajstić information content (AvgIpc) is 2.47. The predicted octanol–water partition coefficient (Wildman–Crippen LogP) is 0.857. The van der Waals surface area contributed by atoms with Gasteiger partial charge in [-0.05, 0) is 17.9 Å². The van der Waals surface area contributed by atoms with Crippen molar-refractivity contribution in [1.82, 2.24) is 5.48 Å². The zero-order valence-corrected chi connectivity index (χ0v) is 9.45. The lowest BCUT2D eigenvalue weighted by atomic mass is 10.3. The lowest BCUT2D eigenvalue weighted by molar-refractivity contribution is -0.124. The van der Waals surface area contributed by atoms with Gasteiger partial charge in [-0.1, -0.05) is 11.6 Å². The smallest absolute Gasteiger partial charge is 0.286 e. The van der Waals surface area contributed by atoms with Crippen LogP contribution in [0.15, 0.2) is 5.38 Å². The summed E-state index contributed by atoms with van der Waals surface area (Å²) in [5.41, 5.74) is 7.70. The van der Waals surface area contributed by atoms with Gasteiger partial charge in [0, 0.05) is 0 Å². The lowest BCUT2D eigenvalue weighted by Crippen LogP contribution is -2.29. The highest BCUT2D eigenvalue weighted by atomic mass is 35.5. The first-order valence-corrected chi connectivity index (χ1v) is 5.22. The molecular formula is C8H9ClN2O3S. The van der Waals surface area contributed by atoms with Crippen molar-refractivity contribution in [2.75, 3.05) is 6.61 Å². The van der Waals surface area contributed by atoms with E-state index < -0.39 is 11.8 Å². The maximum Gasteiger partial charge on any atom is 0.286 e. The molecule has 0 bridgehead atoms. The Morgan fingerprint density at radius 1 is 1.67 bits per heavy atom. The molecule has 15 heavy (non-hydrogen) atoms. The molecule has 0 radical (unpaired) electrons. The van der Waals surface area contributed by atoms with Crippen LogP contribution in [0.4, 0.5) is 0 Å². The fraction of sp³-hybridized carbons (Fsp3) is 0.250. The molecule has 0 aliphatic heterocycles. The number of hydrogen-bond donors (Lipinski definition) is 2. The zero-order chi connectivity index (χ0) is 11.4. The highest BCUT2D eigenvalue weighted by Crippen LogP contribution is 2.26. The number of hydrogen-bond acceptors (Lipinski definition) is 4. The van der Waals surface area contributed by atoms with Crippen LogP contribution < -0.4 is 11.2 Å². The second kappa shape index (κ2) is 5.11. The number of rotatable bonds is 4. The largest absolute Gasteiger partial charge is 0.368 e. The molecule has 2 amide bonds. The minimum absolute atomic E-state index is 0.346. The van der Waals surface area contributed by atoms with E-state index in [1.165, 1.54) is 11.3 Å². The number of nitrogens with one attached hydrogen (secondary N) is 1. The maximum absolute atomic E-state index is 11.4. The van der Waals surface area contributed by atoms with Gasteiger partial charge >= 0.3 is 0 Å². The van der Waals surface area contributed by atoms with Crippen molar-refractivity contribution in [3.63, 3.8) is 0 Å². The van der Waals surface area contributed by atoms with E-state index in [4.69, 9.17) is 17.3 Å². The summed E-state index contributed by atoms with van der Waals surface area (Å²) >= 11 is 7.05. The molecule has 3 N–H and O–H groups in total. The molecule has 1 aromatic heterocycles. The van der Waals surface area contributed by atoms with Gasteiger partial charge in [0.15, 0.2) is 6.61 Å². The molecule has 82 valence electrons. The van der Waals surface area contributed by atoms with E-state index in [-0.39, 0.29) is 6.61 Å². The number of hydroxylamine groups is 1. The Kier molecular flexibility index (Phi) is 4.07. The Morgan fingerprint density at radius 3 is 2.80 bits per heavy atom. The molecule has 0 saturated carbocycles. The number of primary amides is 1. The van der Waals surface area contributed by atoms with Crippen molar-refractivity contribution in [3.05, 3.63) is 20.8 Å². The predicted molar refractivity (Wildman–Crippen MR) is 56.7 cm³/mol. The Morgan fingerprint density at radius 2 is 2.33 bits per heavy atom. The van der Waals surface area contributed by atoms with Gasteiger partial charge in [0.2, 0.25) is 5.91 Å². The molecule has 0 aromatic carbocycles. The fourth-order valence-corrected chi connectivity index (χ4v) is 1.97. The molecule has 0 spiro atoms. The first-order chi connectivity index (χ1) is 7.02. The number of nitrogens with two attached hydrogens (primary N) is 1. The van der Waals surface area contributed by atoms with E-state index >= 15 is 0 Å². The number of carbonyl (C=O) groups excluding carboxylic acids is 2. The number of carbonyl (C=O) groups is 2. The third-order valence-corrected chi connectivity index (χ3v) is 3.18. The summed E-state index contributed by atoms with van der Waals surface area (Å²) < 4.78 is 0. The van der Waals surface area contributed by atoms with Crippen LogP contribution in [0, 0.1) is 6.92 Å². The van der Waals surface area contributed by atoms with Crippen LogP contribution in [-0.4, -0.2) is 18.4 Å². The van der Waals surface area contributed by atoms with Crippen molar-refractivity contribution in [1.29, 1.82) is 0 Å².